The maximum absolute atomic E-state index is 3.44. The van der Waals surface area contributed by atoms with E-state index >= 15 is 0 Å². The summed E-state index contributed by atoms with van der Waals surface area (Å²) in [5.74, 6) is 1.09. The van der Waals surface area contributed by atoms with Gasteiger partial charge in [-0.25, -0.2) is 0 Å². The molecule has 0 amide bonds. The predicted octanol–water partition coefficient (Wildman–Crippen LogP) is 5.40. The minimum absolute atomic E-state index is 0.994. The Balaban J connectivity index is 1.74. The van der Waals surface area contributed by atoms with Crippen molar-refractivity contribution < 1.29 is 0 Å². The summed E-state index contributed by atoms with van der Waals surface area (Å²) < 4.78 is 0. The molecule has 0 atom stereocenters. The first-order valence-corrected chi connectivity index (χ1v) is 8.21. The van der Waals surface area contributed by atoms with Crippen molar-refractivity contribution in [2.24, 2.45) is 0 Å². The topological polar surface area (TPSA) is 12.0 Å². The van der Waals surface area contributed by atoms with Crippen LogP contribution in [0.3, 0.4) is 0 Å². The van der Waals surface area contributed by atoms with Gasteiger partial charge in [0.1, 0.15) is 0 Å². The number of hydrogen-bond acceptors (Lipinski definition) is 2. The summed E-state index contributed by atoms with van der Waals surface area (Å²) in [4.78, 5) is 1.39. The number of allylic oxidation sites excluding steroid dienone is 6. The Hall–Kier alpha value is -1.41. The molecule has 2 rings (SSSR count). The summed E-state index contributed by atoms with van der Waals surface area (Å²) in [7, 11) is 0. The Morgan fingerprint density at radius 2 is 1.95 bits per heavy atom. The second-order valence-electron chi connectivity index (χ2n) is 5.02. The molecule has 1 aliphatic rings. The second kappa shape index (κ2) is 8.01. The number of para-hydroxylation sites is 1. The Morgan fingerprint density at radius 3 is 2.70 bits per heavy atom. The predicted molar refractivity (Wildman–Crippen MR) is 92.2 cm³/mol. The first kappa shape index (κ1) is 15.0. The van der Waals surface area contributed by atoms with Crippen LogP contribution < -0.4 is 5.32 Å². The Bertz CT molecular complexity index is 511. The number of hydrogen-bond donors (Lipinski definition) is 1. The lowest BCUT2D eigenvalue weighted by Gasteiger charge is -2.10. The van der Waals surface area contributed by atoms with Crippen LogP contribution in [0.25, 0.3) is 0 Å². The van der Waals surface area contributed by atoms with E-state index in [0.717, 1.165) is 12.3 Å². The first-order valence-electron chi connectivity index (χ1n) is 7.23. The quantitative estimate of drug-likeness (QED) is 0.702. The summed E-state index contributed by atoms with van der Waals surface area (Å²) in [5.41, 5.74) is 4.01. The van der Waals surface area contributed by atoms with Gasteiger partial charge in [-0.15, -0.1) is 11.8 Å². The maximum Gasteiger partial charge on any atom is 0.0340 e. The highest BCUT2D eigenvalue weighted by atomic mass is 32.2. The molecule has 0 aromatic heterocycles. The standard InChI is InChI=1S/C18H23NS/c1-15-8-6-7-9-17(15)14-16(2)20-13-12-19-18-10-4-3-5-11-18/h3-5,8-11,14,19H,6-7,12-13H2,1-2H3/b16-14+. The van der Waals surface area contributed by atoms with Crippen molar-refractivity contribution in [3.8, 4) is 0 Å². The average Bonchev–Trinajstić information content (AvgIpc) is 2.47. The zero-order valence-electron chi connectivity index (χ0n) is 12.4. The van der Waals surface area contributed by atoms with Crippen LogP contribution in [0.4, 0.5) is 5.69 Å². The van der Waals surface area contributed by atoms with Gasteiger partial charge in [-0.1, -0.05) is 30.4 Å². The molecule has 1 aromatic carbocycles. The van der Waals surface area contributed by atoms with Crippen LogP contribution in [-0.4, -0.2) is 12.3 Å². The van der Waals surface area contributed by atoms with Gasteiger partial charge in [-0.3, -0.25) is 0 Å². The van der Waals surface area contributed by atoms with Gasteiger partial charge >= 0.3 is 0 Å². The first-order chi connectivity index (χ1) is 9.75. The monoisotopic (exact) mass is 285 g/mol. The van der Waals surface area contributed by atoms with Crippen molar-refractivity contribution in [1.82, 2.24) is 0 Å². The van der Waals surface area contributed by atoms with Crippen LogP contribution in [0, 0.1) is 0 Å². The van der Waals surface area contributed by atoms with Crippen LogP contribution in [0.2, 0.25) is 0 Å². The minimum Gasteiger partial charge on any atom is -0.384 e. The van der Waals surface area contributed by atoms with E-state index < -0.39 is 0 Å². The Morgan fingerprint density at radius 1 is 1.20 bits per heavy atom. The lowest BCUT2D eigenvalue weighted by Crippen LogP contribution is -2.03. The summed E-state index contributed by atoms with van der Waals surface area (Å²) in [6.45, 7) is 5.40. The molecule has 0 saturated carbocycles. The van der Waals surface area contributed by atoms with Crippen molar-refractivity contribution in [1.29, 1.82) is 0 Å². The number of rotatable bonds is 6. The molecule has 1 N–H and O–H groups in total. The molecule has 20 heavy (non-hydrogen) atoms. The smallest absolute Gasteiger partial charge is 0.0340 e. The van der Waals surface area contributed by atoms with E-state index in [9.17, 15) is 0 Å². The highest BCUT2D eigenvalue weighted by Crippen LogP contribution is 2.24. The summed E-state index contributed by atoms with van der Waals surface area (Å²) in [6.07, 6.45) is 9.37. The molecule has 0 unspecified atom stereocenters. The van der Waals surface area contributed by atoms with Gasteiger partial charge in [0.2, 0.25) is 0 Å². The van der Waals surface area contributed by atoms with E-state index in [1.807, 2.05) is 17.8 Å². The van der Waals surface area contributed by atoms with E-state index in [4.69, 9.17) is 0 Å². The average molecular weight is 285 g/mol. The van der Waals surface area contributed by atoms with E-state index in [-0.39, 0.29) is 0 Å². The van der Waals surface area contributed by atoms with Crippen LogP contribution in [0.5, 0.6) is 0 Å². The molecular weight excluding hydrogens is 262 g/mol. The van der Waals surface area contributed by atoms with Gasteiger partial charge in [0.25, 0.3) is 0 Å². The van der Waals surface area contributed by atoms with Crippen molar-refractivity contribution in [2.45, 2.75) is 26.7 Å². The molecule has 0 radical (unpaired) electrons. The highest BCUT2D eigenvalue weighted by molar-refractivity contribution is 8.03. The molecule has 0 aliphatic heterocycles. The van der Waals surface area contributed by atoms with Gasteiger partial charge in [0.05, 0.1) is 0 Å². The van der Waals surface area contributed by atoms with Crippen molar-refractivity contribution >= 4 is 17.4 Å². The fraction of sp³-hybridized carbons (Fsp3) is 0.333. The van der Waals surface area contributed by atoms with E-state index in [2.05, 4.69) is 61.7 Å². The third-order valence-electron chi connectivity index (χ3n) is 3.33. The van der Waals surface area contributed by atoms with Crippen LogP contribution in [0.15, 0.2) is 64.6 Å². The maximum atomic E-state index is 3.44. The normalized spacial score (nSPS) is 15.6. The number of thioether (sulfide) groups is 1. The Kier molecular flexibility index (Phi) is 6.00. The third-order valence-corrected chi connectivity index (χ3v) is 4.31. The highest BCUT2D eigenvalue weighted by Gasteiger charge is 2.02. The second-order valence-corrected chi connectivity index (χ2v) is 6.36. The number of nitrogens with one attached hydrogen (secondary N) is 1. The van der Waals surface area contributed by atoms with Crippen molar-refractivity contribution in [3.05, 3.63) is 64.6 Å². The van der Waals surface area contributed by atoms with Gasteiger partial charge in [-0.2, -0.15) is 0 Å². The molecule has 0 saturated heterocycles. The van der Waals surface area contributed by atoms with Crippen LogP contribution >= 0.6 is 11.8 Å². The van der Waals surface area contributed by atoms with Crippen LogP contribution in [0.1, 0.15) is 26.7 Å². The summed E-state index contributed by atoms with van der Waals surface area (Å²) >= 11 is 1.92. The molecule has 106 valence electrons. The van der Waals surface area contributed by atoms with Gasteiger partial charge in [0.15, 0.2) is 0 Å². The molecular formula is C18H23NS. The molecule has 1 nitrogen and oxygen atoms in total. The lowest BCUT2D eigenvalue weighted by atomic mass is 9.99. The summed E-state index contributed by atoms with van der Waals surface area (Å²) in [6, 6.07) is 10.4. The molecule has 2 heteroatoms. The SMILES string of the molecule is CC1=CCCC=C1/C=C(\C)SCCNc1ccccc1. The number of anilines is 1. The van der Waals surface area contributed by atoms with Gasteiger partial charge in [0, 0.05) is 18.0 Å². The molecule has 1 aromatic rings. The number of benzene rings is 1. The zero-order valence-corrected chi connectivity index (χ0v) is 13.2. The largest absolute Gasteiger partial charge is 0.384 e. The minimum atomic E-state index is 0.994. The molecule has 0 fully saturated rings. The Labute approximate surface area is 126 Å². The summed E-state index contributed by atoms with van der Waals surface area (Å²) in [5, 5.41) is 3.44. The molecule has 0 bridgehead atoms. The van der Waals surface area contributed by atoms with Gasteiger partial charge in [-0.05, 0) is 60.9 Å². The molecule has 0 spiro atoms. The van der Waals surface area contributed by atoms with Crippen LogP contribution in [-0.2, 0) is 0 Å². The van der Waals surface area contributed by atoms with E-state index in [0.29, 0.717) is 0 Å². The zero-order chi connectivity index (χ0) is 14.2. The lowest BCUT2D eigenvalue weighted by molar-refractivity contribution is 1.00. The fourth-order valence-corrected chi connectivity index (χ4v) is 2.95. The van der Waals surface area contributed by atoms with Crippen molar-refractivity contribution in [3.63, 3.8) is 0 Å². The fourth-order valence-electron chi connectivity index (χ4n) is 2.21. The van der Waals surface area contributed by atoms with E-state index in [1.165, 1.54) is 34.6 Å². The van der Waals surface area contributed by atoms with Crippen molar-refractivity contribution in [2.75, 3.05) is 17.6 Å². The van der Waals surface area contributed by atoms with Gasteiger partial charge < -0.3 is 5.32 Å². The van der Waals surface area contributed by atoms with E-state index in [1.54, 1.807) is 0 Å². The molecule has 1 aliphatic carbocycles. The third kappa shape index (κ3) is 4.93. The molecule has 0 heterocycles.